The average molecular weight is 417 g/mol. The first-order valence-corrected chi connectivity index (χ1v) is 10.4. The number of amidine groups is 1. The van der Waals surface area contributed by atoms with Gasteiger partial charge in [0.15, 0.2) is 9.71 Å². The van der Waals surface area contributed by atoms with Crippen LogP contribution in [0.25, 0.3) is 0 Å². The lowest BCUT2D eigenvalue weighted by Crippen LogP contribution is -2.37. The summed E-state index contributed by atoms with van der Waals surface area (Å²) in [6.45, 7) is 5.00. The molecule has 1 unspecified atom stereocenters. The van der Waals surface area contributed by atoms with Crippen molar-refractivity contribution < 1.29 is 22.5 Å². The second-order valence-electron chi connectivity index (χ2n) is 4.88. The molecule has 6 nitrogen and oxygen atoms in total. The quantitative estimate of drug-likeness (QED) is 0.358. The molecule has 0 saturated carbocycles. The maximum Gasteiger partial charge on any atom is 0.483 e. The minimum atomic E-state index is -5.11. The number of thiazole rings is 1. The van der Waals surface area contributed by atoms with Crippen molar-refractivity contribution in [2.24, 2.45) is 10.7 Å². The van der Waals surface area contributed by atoms with Gasteiger partial charge < -0.3 is 10.8 Å². The van der Waals surface area contributed by atoms with Crippen LogP contribution in [0.4, 0.5) is 18.3 Å². The fraction of sp³-hybridized carbons (Fsp3) is 0.462. The van der Waals surface area contributed by atoms with Gasteiger partial charge in [-0.05, 0) is 25.8 Å². The summed E-state index contributed by atoms with van der Waals surface area (Å²) in [5.41, 5.74) is 1.20. The van der Waals surface area contributed by atoms with E-state index in [1.165, 1.54) is 11.3 Å². The Kier molecular flexibility index (Phi) is 7.78. The molecule has 4 N–H and O–H groups in total. The van der Waals surface area contributed by atoms with Gasteiger partial charge in [0.1, 0.15) is 5.55 Å². The number of aliphatic hydroxyl groups is 1. The number of allylic oxidation sites excluding steroid dienone is 1. The fourth-order valence-electron chi connectivity index (χ4n) is 1.39. The van der Waals surface area contributed by atoms with Gasteiger partial charge in [-0.2, -0.15) is 13.2 Å². The van der Waals surface area contributed by atoms with Crippen molar-refractivity contribution in [1.29, 1.82) is 0 Å². The number of hydrogen-bond donors (Lipinski definition) is 3. The van der Waals surface area contributed by atoms with E-state index in [4.69, 9.17) is 10.8 Å². The van der Waals surface area contributed by atoms with Crippen LogP contribution in [0, 0.1) is 0 Å². The monoisotopic (exact) mass is 416 g/mol. The molecule has 0 aliphatic heterocycles. The van der Waals surface area contributed by atoms with E-state index in [0.29, 0.717) is 28.7 Å². The second-order valence-corrected chi connectivity index (χ2v) is 8.78. The van der Waals surface area contributed by atoms with Crippen LogP contribution in [0.3, 0.4) is 0 Å². The summed E-state index contributed by atoms with van der Waals surface area (Å²) in [5, 5.41) is 11.1. The Morgan fingerprint density at radius 3 is 2.68 bits per heavy atom. The van der Waals surface area contributed by atoms with Gasteiger partial charge in [0.05, 0.1) is 16.6 Å². The molecule has 1 heterocycles. The van der Waals surface area contributed by atoms with Gasteiger partial charge in [-0.3, -0.25) is 4.72 Å². The lowest BCUT2D eigenvalue weighted by atomic mass is 10.3. The maximum absolute atomic E-state index is 12.9. The first kappa shape index (κ1) is 21.8. The normalized spacial score (nSPS) is 16.2. The number of alkyl halides is 3. The molecule has 1 aromatic rings. The summed E-state index contributed by atoms with van der Waals surface area (Å²) < 4.78 is 52.6. The molecule has 1 rings (SSSR count). The third-order valence-electron chi connectivity index (χ3n) is 2.83. The molecule has 0 radical (unpaired) electrons. The zero-order valence-corrected chi connectivity index (χ0v) is 16.2. The first-order chi connectivity index (χ1) is 11.5. The topological polar surface area (TPSA) is 101 Å². The number of thioether (sulfide) groups is 1. The molecule has 0 aliphatic rings. The molecule has 1 aromatic heterocycles. The number of aromatic nitrogens is 1. The van der Waals surface area contributed by atoms with Crippen LogP contribution in [0.5, 0.6) is 0 Å². The van der Waals surface area contributed by atoms with E-state index in [0.717, 1.165) is 11.8 Å². The molecule has 25 heavy (non-hydrogen) atoms. The molecule has 0 saturated heterocycles. The summed E-state index contributed by atoms with van der Waals surface area (Å²) >= 11 is 2.28. The van der Waals surface area contributed by atoms with Crippen molar-refractivity contribution in [3.63, 3.8) is 0 Å². The van der Waals surface area contributed by atoms with Gasteiger partial charge in [0.25, 0.3) is 0 Å². The van der Waals surface area contributed by atoms with Gasteiger partial charge in [-0.25, -0.2) is 14.2 Å². The minimum absolute atomic E-state index is 0.0863. The van der Waals surface area contributed by atoms with Gasteiger partial charge in [-0.1, -0.05) is 6.92 Å². The Labute approximate surface area is 152 Å². The number of rotatable bonds is 7. The van der Waals surface area contributed by atoms with Crippen molar-refractivity contribution >= 4 is 49.3 Å². The lowest BCUT2D eigenvalue weighted by Gasteiger charge is -2.19. The summed E-state index contributed by atoms with van der Waals surface area (Å²) in [6, 6.07) is 0. The van der Waals surface area contributed by atoms with Crippen molar-refractivity contribution in [1.82, 2.24) is 9.71 Å². The molecule has 0 aromatic carbocycles. The standard InChI is InChI=1S/C13H19F3N4O2S3/c1-4-8(2)11(20-25(22,7-21)13(14,15)16)23-5-10-6-24-12(19-10)18-9(3)17/h6-7,21H,4-5H2,1-3H3,(H,20,22)(H2,17,18,19)/b11-8+. The van der Waals surface area contributed by atoms with E-state index in [1.54, 1.807) is 26.2 Å². The van der Waals surface area contributed by atoms with Crippen LogP contribution in [0.1, 0.15) is 32.9 Å². The second kappa shape index (κ2) is 8.92. The Morgan fingerprint density at radius 1 is 1.56 bits per heavy atom. The molecule has 0 spiro atoms. The Bertz CT molecular complexity index is 774. The highest BCUT2D eigenvalue weighted by Crippen LogP contribution is 2.30. The van der Waals surface area contributed by atoms with Gasteiger partial charge in [0, 0.05) is 11.1 Å². The number of aliphatic imine (C=N–C) groups is 1. The van der Waals surface area contributed by atoms with Crippen molar-refractivity contribution in [2.45, 2.75) is 38.5 Å². The van der Waals surface area contributed by atoms with E-state index >= 15 is 0 Å². The smallest absolute Gasteiger partial charge is 0.387 e. The predicted molar refractivity (Wildman–Crippen MR) is 99.4 cm³/mol. The average Bonchev–Trinajstić information content (AvgIpc) is 2.95. The highest BCUT2D eigenvalue weighted by atomic mass is 32.2. The van der Waals surface area contributed by atoms with Crippen LogP contribution < -0.4 is 10.5 Å². The zero-order chi connectivity index (χ0) is 19.3. The van der Waals surface area contributed by atoms with Crippen LogP contribution in [-0.2, 0) is 15.5 Å². The summed E-state index contributed by atoms with van der Waals surface area (Å²) in [7, 11) is -4.77. The number of nitrogens with two attached hydrogens (primary N) is 1. The number of halogens is 3. The van der Waals surface area contributed by atoms with Crippen molar-refractivity contribution in [3.05, 3.63) is 21.7 Å². The predicted octanol–water partition coefficient (Wildman–Crippen LogP) is 3.65. The van der Waals surface area contributed by atoms with Crippen LogP contribution in [-0.4, -0.2) is 31.2 Å². The molecule has 1 atom stereocenters. The molecule has 0 amide bonds. The molecular weight excluding hydrogens is 397 g/mol. The number of nitrogens with zero attached hydrogens (tertiary/aromatic N) is 2. The van der Waals surface area contributed by atoms with E-state index in [-0.39, 0.29) is 16.3 Å². The molecule has 0 bridgehead atoms. The first-order valence-electron chi connectivity index (χ1n) is 6.95. The van der Waals surface area contributed by atoms with E-state index in [1.807, 2.05) is 4.72 Å². The van der Waals surface area contributed by atoms with E-state index in [2.05, 4.69) is 9.98 Å². The van der Waals surface area contributed by atoms with Gasteiger partial charge in [0.2, 0.25) is 5.13 Å². The number of nitrogens with one attached hydrogen (secondary N) is 1. The highest BCUT2D eigenvalue weighted by Gasteiger charge is 2.42. The maximum atomic E-state index is 12.9. The van der Waals surface area contributed by atoms with Gasteiger partial charge >= 0.3 is 5.51 Å². The summed E-state index contributed by atoms with van der Waals surface area (Å²) in [4.78, 5) is 8.20. The minimum Gasteiger partial charge on any atom is -0.387 e. The zero-order valence-electron chi connectivity index (χ0n) is 13.8. The molecular formula is C13H19F3N4O2S3. The Balaban J connectivity index is 2.98. The van der Waals surface area contributed by atoms with Crippen molar-refractivity contribution in [2.75, 3.05) is 0 Å². The largest absolute Gasteiger partial charge is 0.483 e. The lowest BCUT2D eigenvalue weighted by molar-refractivity contribution is -0.0401. The number of aliphatic hydroxyl groups excluding tert-OH is 1. The third kappa shape index (κ3) is 6.20. The summed E-state index contributed by atoms with van der Waals surface area (Å²) in [6.07, 6.45) is 0.452. The molecule has 0 fully saturated rings. The van der Waals surface area contributed by atoms with Crippen LogP contribution >= 0.6 is 23.1 Å². The fourth-order valence-corrected chi connectivity index (χ4v) is 4.42. The molecule has 142 valence electrons. The van der Waals surface area contributed by atoms with Crippen LogP contribution in [0.2, 0.25) is 0 Å². The van der Waals surface area contributed by atoms with Crippen molar-refractivity contribution in [3.8, 4) is 0 Å². The molecule has 0 aliphatic carbocycles. The third-order valence-corrected chi connectivity index (χ3v) is 6.41. The van der Waals surface area contributed by atoms with Gasteiger partial charge in [-0.15, -0.1) is 23.1 Å². The Hall–Kier alpha value is -1.24. The summed E-state index contributed by atoms with van der Waals surface area (Å²) in [5.74, 6) is 0.592. The Morgan fingerprint density at radius 2 is 2.20 bits per heavy atom. The number of hydrogen-bond acceptors (Lipinski definition) is 5. The highest BCUT2D eigenvalue weighted by molar-refractivity contribution is 8.05. The SMILES string of the molecule is CC/C(C)=C(\NS(=O)(=CO)C(F)(F)F)SCc1csc(N=C(C)N)n1. The van der Waals surface area contributed by atoms with E-state index in [9.17, 15) is 17.4 Å². The molecule has 12 heteroatoms. The van der Waals surface area contributed by atoms with E-state index < -0.39 is 15.2 Å². The van der Waals surface area contributed by atoms with Crippen LogP contribution in [0.15, 0.2) is 21.0 Å².